The highest BCUT2D eigenvalue weighted by molar-refractivity contribution is 7.71. The van der Waals surface area contributed by atoms with Crippen molar-refractivity contribution in [2.24, 2.45) is 0 Å². The highest BCUT2D eigenvalue weighted by atomic mass is 32.1. The first-order valence-electron chi connectivity index (χ1n) is 5.19. The Hall–Kier alpha value is -0.700. The number of hydrogen-bond donors (Lipinski definition) is 1. The molecule has 1 heterocycles. The zero-order valence-electron chi connectivity index (χ0n) is 9.35. The van der Waals surface area contributed by atoms with Crippen molar-refractivity contribution in [3.05, 3.63) is 21.7 Å². The van der Waals surface area contributed by atoms with Gasteiger partial charge in [0.15, 0.2) is 0 Å². The Balaban J connectivity index is 3.21. The standard InChI is InChI=1S/C11H18N2S/c1-5-7(3)10-12-8(4)9(6-2)11(14)13-10/h7H,5-6H2,1-4H3,(H,12,13,14). The van der Waals surface area contributed by atoms with E-state index in [0.717, 1.165) is 23.3 Å². The van der Waals surface area contributed by atoms with Gasteiger partial charge in [-0.25, -0.2) is 4.98 Å². The second-order valence-electron chi connectivity index (χ2n) is 3.69. The number of rotatable bonds is 3. The summed E-state index contributed by atoms with van der Waals surface area (Å²) in [6.45, 7) is 8.50. The summed E-state index contributed by atoms with van der Waals surface area (Å²) < 4.78 is 0.763. The molecule has 1 aromatic heterocycles. The molecule has 0 spiro atoms. The van der Waals surface area contributed by atoms with Crippen LogP contribution in [0.2, 0.25) is 0 Å². The molecular formula is C11H18N2S. The van der Waals surface area contributed by atoms with Crippen LogP contribution >= 0.6 is 12.2 Å². The van der Waals surface area contributed by atoms with Crippen LogP contribution < -0.4 is 0 Å². The van der Waals surface area contributed by atoms with E-state index in [1.807, 2.05) is 0 Å². The Labute approximate surface area is 90.8 Å². The molecule has 14 heavy (non-hydrogen) atoms. The zero-order valence-corrected chi connectivity index (χ0v) is 10.2. The Morgan fingerprint density at radius 3 is 2.50 bits per heavy atom. The molecule has 78 valence electrons. The van der Waals surface area contributed by atoms with Gasteiger partial charge < -0.3 is 4.98 Å². The minimum absolute atomic E-state index is 0.460. The van der Waals surface area contributed by atoms with Crippen molar-refractivity contribution in [3.63, 3.8) is 0 Å². The second kappa shape index (κ2) is 4.69. The largest absolute Gasteiger partial charge is 0.347 e. The number of nitrogens with zero attached hydrogens (tertiary/aromatic N) is 1. The minimum atomic E-state index is 0.460. The Bertz CT molecular complexity index is 368. The van der Waals surface area contributed by atoms with Gasteiger partial charge in [-0.05, 0) is 19.8 Å². The van der Waals surface area contributed by atoms with Gasteiger partial charge in [0, 0.05) is 17.2 Å². The van der Waals surface area contributed by atoms with Crippen molar-refractivity contribution in [3.8, 4) is 0 Å². The van der Waals surface area contributed by atoms with Crippen molar-refractivity contribution in [2.45, 2.75) is 46.5 Å². The molecule has 1 rings (SSSR count). The van der Waals surface area contributed by atoms with E-state index in [4.69, 9.17) is 12.2 Å². The van der Waals surface area contributed by atoms with Gasteiger partial charge in [0.05, 0.1) is 0 Å². The maximum atomic E-state index is 5.26. The Morgan fingerprint density at radius 2 is 2.07 bits per heavy atom. The van der Waals surface area contributed by atoms with Crippen LogP contribution in [0, 0.1) is 11.6 Å². The molecule has 0 saturated heterocycles. The van der Waals surface area contributed by atoms with Crippen molar-refractivity contribution < 1.29 is 0 Å². The van der Waals surface area contributed by atoms with Crippen molar-refractivity contribution in [1.82, 2.24) is 9.97 Å². The lowest BCUT2D eigenvalue weighted by atomic mass is 10.1. The molecule has 1 atom stereocenters. The number of aryl methyl sites for hydroxylation is 1. The number of H-pyrrole nitrogens is 1. The Morgan fingerprint density at radius 1 is 1.43 bits per heavy atom. The molecule has 0 bridgehead atoms. The molecule has 0 amide bonds. The van der Waals surface area contributed by atoms with E-state index in [9.17, 15) is 0 Å². The molecule has 0 aliphatic rings. The van der Waals surface area contributed by atoms with Gasteiger partial charge in [-0.2, -0.15) is 0 Å². The third kappa shape index (κ3) is 2.21. The number of aromatic nitrogens is 2. The van der Waals surface area contributed by atoms with Crippen LogP contribution in [-0.4, -0.2) is 9.97 Å². The normalized spacial score (nSPS) is 12.9. The van der Waals surface area contributed by atoms with E-state index in [1.165, 1.54) is 11.3 Å². The maximum Gasteiger partial charge on any atom is 0.133 e. The summed E-state index contributed by atoms with van der Waals surface area (Å²) in [5.74, 6) is 1.48. The predicted octanol–water partition coefficient (Wildman–Crippen LogP) is 3.52. The van der Waals surface area contributed by atoms with Crippen molar-refractivity contribution in [2.75, 3.05) is 0 Å². The van der Waals surface area contributed by atoms with Gasteiger partial charge in [-0.1, -0.05) is 33.0 Å². The zero-order chi connectivity index (χ0) is 10.7. The first-order valence-corrected chi connectivity index (χ1v) is 5.60. The summed E-state index contributed by atoms with van der Waals surface area (Å²) in [6, 6.07) is 0. The summed E-state index contributed by atoms with van der Waals surface area (Å²) in [5, 5.41) is 0. The lowest BCUT2D eigenvalue weighted by Gasteiger charge is -2.11. The molecule has 0 radical (unpaired) electrons. The van der Waals surface area contributed by atoms with E-state index in [2.05, 4.69) is 37.7 Å². The molecule has 1 N–H and O–H groups in total. The molecule has 2 nitrogen and oxygen atoms in total. The van der Waals surface area contributed by atoms with Crippen molar-refractivity contribution >= 4 is 12.2 Å². The highest BCUT2D eigenvalue weighted by Crippen LogP contribution is 2.16. The monoisotopic (exact) mass is 210 g/mol. The molecule has 1 aromatic rings. The number of nitrogens with one attached hydrogen (secondary N) is 1. The summed E-state index contributed by atoms with van der Waals surface area (Å²) in [5.41, 5.74) is 2.34. The first-order chi connectivity index (χ1) is 6.60. The van der Waals surface area contributed by atoms with E-state index >= 15 is 0 Å². The third-order valence-corrected chi connectivity index (χ3v) is 3.02. The first kappa shape index (κ1) is 11.4. The summed E-state index contributed by atoms with van der Waals surface area (Å²) in [7, 11) is 0. The fourth-order valence-electron chi connectivity index (χ4n) is 1.48. The third-order valence-electron chi connectivity index (χ3n) is 2.68. The van der Waals surface area contributed by atoms with E-state index in [0.29, 0.717) is 5.92 Å². The fourth-order valence-corrected chi connectivity index (χ4v) is 1.87. The second-order valence-corrected chi connectivity index (χ2v) is 4.08. The van der Waals surface area contributed by atoms with Crippen LogP contribution in [0.4, 0.5) is 0 Å². The summed E-state index contributed by atoms with van der Waals surface area (Å²) >= 11 is 5.26. The molecule has 3 heteroatoms. The van der Waals surface area contributed by atoms with Crippen LogP contribution in [0.1, 0.15) is 50.2 Å². The minimum Gasteiger partial charge on any atom is -0.347 e. The van der Waals surface area contributed by atoms with Crippen LogP contribution in [-0.2, 0) is 6.42 Å². The van der Waals surface area contributed by atoms with Crippen LogP contribution in [0.15, 0.2) is 0 Å². The van der Waals surface area contributed by atoms with Gasteiger partial charge >= 0.3 is 0 Å². The van der Waals surface area contributed by atoms with Gasteiger partial charge in [0.25, 0.3) is 0 Å². The van der Waals surface area contributed by atoms with Gasteiger partial charge in [-0.15, -0.1) is 0 Å². The predicted molar refractivity (Wildman–Crippen MR) is 62.2 cm³/mol. The van der Waals surface area contributed by atoms with E-state index in [-0.39, 0.29) is 0 Å². The molecular weight excluding hydrogens is 192 g/mol. The molecule has 0 aromatic carbocycles. The molecule has 0 aliphatic carbocycles. The smallest absolute Gasteiger partial charge is 0.133 e. The van der Waals surface area contributed by atoms with Crippen LogP contribution in [0.3, 0.4) is 0 Å². The molecule has 1 unspecified atom stereocenters. The SMILES string of the molecule is CCc1c(C)[nH]c(C(C)CC)nc1=S. The van der Waals surface area contributed by atoms with Crippen molar-refractivity contribution in [1.29, 1.82) is 0 Å². The Kier molecular flexibility index (Phi) is 3.81. The van der Waals surface area contributed by atoms with Gasteiger partial charge in [-0.3, -0.25) is 0 Å². The van der Waals surface area contributed by atoms with Gasteiger partial charge in [0.1, 0.15) is 10.5 Å². The summed E-state index contributed by atoms with van der Waals surface area (Å²) in [4.78, 5) is 7.78. The highest BCUT2D eigenvalue weighted by Gasteiger charge is 2.08. The quantitative estimate of drug-likeness (QED) is 0.773. The van der Waals surface area contributed by atoms with E-state index in [1.54, 1.807) is 0 Å². The average Bonchev–Trinajstić information content (AvgIpc) is 2.16. The number of aromatic amines is 1. The molecule has 0 aliphatic heterocycles. The average molecular weight is 210 g/mol. The van der Waals surface area contributed by atoms with E-state index < -0.39 is 0 Å². The molecule has 0 saturated carbocycles. The van der Waals surface area contributed by atoms with Crippen LogP contribution in [0.5, 0.6) is 0 Å². The maximum absolute atomic E-state index is 5.26. The molecule has 0 fully saturated rings. The summed E-state index contributed by atoms with van der Waals surface area (Å²) in [6.07, 6.45) is 2.04. The number of hydrogen-bond acceptors (Lipinski definition) is 2. The van der Waals surface area contributed by atoms with Crippen LogP contribution in [0.25, 0.3) is 0 Å². The topological polar surface area (TPSA) is 28.7 Å². The fraction of sp³-hybridized carbons (Fsp3) is 0.636. The van der Waals surface area contributed by atoms with Gasteiger partial charge in [0.2, 0.25) is 0 Å². The lowest BCUT2D eigenvalue weighted by molar-refractivity contribution is 0.669. The lowest BCUT2D eigenvalue weighted by Crippen LogP contribution is -2.05.